The number of carbonyl (C=O) groups is 1. The van der Waals surface area contributed by atoms with Crippen LogP contribution in [0.5, 0.6) is 17.2 Å². The van der Waals surface area contributed by atoms with Crippen LogP contribution in [-0.2, 0) is 16.0 Å². The zero-order valence-electron chi connectivity index (χ0n) is 17.9. The lowest BCUT2D eigenvalue weighted by molar-refractivity contribution is -0.133. The van der Waals surface area contributed by atoms with Crippen LogP contribution in [0.4, 0.5) is 0 Å². The number of benzene rings is 2. The minimum absolute atomic E-state index is 0.0195. The summed E-state index contributed by atoms with van der Waals surface area (Å²) in [4.78, 5) is 12.6. The second kappa shape index (κ2) is 12.8. The Kier molecular flexibility index (Phi) is 9.81. The molecule has 0 aliphatic heterocycles. The van der Waals surface area contributed by atoms with E-state index in [4.69, 9.17) is 31.8 Å². The van der Waals surface area contributed by atoms with Crippen LogP contribution in [0.25, 0.3) is 0 Å². The van der Waals surface area contributed by atoms with Gasteiger partial charge in [0.1, 0.15) is 25.6 Å². The van der Waals surface area contributed by atoms with Gasteiger partial charge in [0.05, 0.1) is 7.11 Å². The molecule has 0 heterocycles. The van der Waals surface area contributed by atoms with E-state index in [9.17, 15) is 4.79 Å². The Balaban J connectivity index is 1.89. The van der Waals surface area contributed by atoms with Crippen LogP contribution in [0.1, 0.15) is 11.1 Å². The maximum Gasteiger partial charge on any atom is 0.252 e. The van der Waals surface area contributed by atoms with Gasteiger partial charge in [0.2, 0.25) is 0 Å². The zero-order chi connectivity index (χ0) is 22.5. The minimum Gasteiger partial charge on any atom is -0.493 e. The normalized spacial score (nSPS) is 11.0. The second-order valence-corrected chi connectivity index (χ2v) is 6.65. The summed E-state index contributed by atoms with van der Waals surface area (Å²) in [6, 6.07) is 13.1. The number of ether oxygens (including phenoxy) is 4. The first kappa shape index (κ1) is 23.7. The summed E-state index contributed by atoms with van der Waals surface area (Å²) in [6.45, 7) is 2.64. The largest absolute Gasteiger partial charge is 0.493 e. The number of rotatable bonds is 12. The van der Waals surface area contributed by atoms with Gasteiger partial charge in [-0.3, -0.25) is 4.79 Å². The van der Waals surface area contributed by atoms with Crippen molar-refractivity contribution in [2.45, 2.75) is 19.4 Å². The first-order valence-corrected chi connectivity index (χ1v) is 9.82. The van der Waals surface area contributed by atoms with E-state index in [0.717, 1.165) is 11.1 Å². The number of nitrogens with one attached hydrogen (secondary N) is 1. The summed E-state index contributed by atoms with van der Waals surface area (Å²) in [5, 5.41) is 2.86. The zero-order valence-corrected chi connectivity index (χ0v) is 17.9. The van der Waals surface area contributed by atoms with E-state index < -0.39 is 6.10 Å². The van der Waals surface area contributed by atoms with Gasteiger partial charge in [0.25, 0.3) is 5.91 Å². The molecule has 0 saturated heterocycles. The first-order chi connectivity index (χ1) is 15.1. The smallest absolute Gasteiger partial charge is 0.252 e. The highest BCUT2D eigenvalue weighted by Crippen LogP contribution is 2.28. The number of amides is 1. The van der Waals surface area contributed by atoms with Crippen LogP contribution in [-0.4, -0.2) is 45.5 Å². The van der Waals surface area contributed by atoms with Crippen molar-refractivity contribution in [1.29, 1.82) is 0 Å². The molecule has 0 fully saturated rings. The second-order valence-electron chi connectivity index (χ2n) is 6.65. The maximum atomic E-state index is 12.6. The van der Waals surface area contributed by atoms with E-state index in [1.165, 1.54) is 0 Å². The lowest BCUT2D eigenvalue weighted by Gasteiger charge is -2.17. The lowest BCUT2D eigenvalue weighted by Crippen LogP contribution is -2.41. The molecule has 0 radical (unpaired) electrons. The number of carbonyl (C=O) groups excluding carboxylic acids is 1. The molecule has 1 N–H and O–H groups in total. The number of methoxy groups -OCH3 is 1. The quantitative estimate of drug-likeness (QED) is 0.534. The van der Waals surface area contributed by atoms with Gasteiger partial charge in [-0.05, 0) is 43.2 Å². The Bertz CT molecular complexity index is 924. The molecule has 0 aliphatic carbocycles. The van der Waals surface area contributed by atoms with Gasteiger partial charge >= 0.3 is 0 Å². The molecule has 31 heavy (non-hydrogen) atoms. The molecule has 1 atom stereocenters. The number of terminal acetylenes is 2. The van der Waals surface area contributed by atoms with E-state index in [2.05, 4.69) is 17.2 Å². The van der Waals surface area contributed by atoms with Crippen molar-refractivity contribution >= 4 is 5.91 Å². The van der Waals surface area contributed by atoms with Crippen molar-refractivity contribution in [2.75, 3.05) is 33.5 Å². The SMILES string of the molecule is C#CCOc1ccc(CCNC(=O)[C@H](COc2ccc(C)cc2)OCC#C)cc1OC. The van der Waals surface area contributed by atoms with Crippen molar-refractivity contribution in [2.24, 2.45) is 0 Å². The maximum absolute atomic E-state index is 12.6. The Morgan fingerprint density at radius 3 is 2.45 bits per heavy atom. The van der Waals surface area contributed by atoms with Crippen molar-refractivity contribution in [3.8, 4) is 41.9 Å². The molecule has 0 aliphatic rings. The number of hydrogen-bond acceptors (Lipinski definition) is 5. The monoisotopic (exact) mass is 421 g/mol. The molecule has 0 saturated carbocycles. The molecule has 2 rings (SSSR count). The van der Waals surface area contributed by atoms with Crippen molar-refractivity contribution < 1.29 is 23.7 Å². The standard InChI is InChI=1S/C25H27NO5/c1-5-15-29-22-12-9-20(17-23(22)28-4)13-14-26-25(27)24(30-16-6-2)18-31-21-10-7-19(3)8-11-21/h1-2,7-12,17,24H,13-16,18H2,3-4H3,(H,26,27)/t24-/m0/s1. The fraction of sp³-hybridized carbons (Fsp3) is 0.320. The van der Waals surface area contributed by atoms with E-state index in [1.54, 1.807) is 13.2 Å². The third-order valence-electron chi connectivity index (χ3n) is 4.33. The molecule has 0 spiro atoms. The van der Waals surface area contributed by atoms with Crippen LogP contribution < -0.4 is 19.5 Å². The van der Waals surface area contributed by atoms with Crippen LogP contribution in [0.3, 0.4) is 0 Å². The Morgan fingerprint density at radius 1 is 1.03 bits per heavy atom. The van der Waals surface area contributed by atoms with Crippen LogP contribution in [0, 0.1) is 31.6 Å². The topological polar surface area (TPSA) is 66.0 Å². The predicted octanol–water partition coefficient (Wildman–Crippen LogP) is 2.77. The van der Waals surface area contributed by atoms with Gasteiger partial charge in [-0.1, -0.05) is 35.6 Å². The van der Waals surface area contributed by atoms with E-state index in [0.29, 0.717) is 30.2 Å². The van der Waals surface area contributed by atoms with Gasteiger partial charge in [-0.2, -0.15) is 0 Å². The van der Waals surface area contributed by atoms with Gasteiger partial charge in [-0.25, -0.2) is 0 Å². The third-order valence-corrected chi connectivity index (χ3v) is 4.33. The fourth-order valence-corrected chi connectivity index (χ4v) is 2.70. The Hall–Kier alpha value is -3.61. The van der Waals surface area contributed by atoms with Gasteiger partial charge < -0.3 is 24.3 Å². The van der Waals surface area contributed by atoms with Gasteiger partial charge in [0.15, 0.2) is 17.6 Å². The summed E-state index contributed by atoms with van der Waals surface area (Å²) in [5.74, 6) is 6.32. The summed E-state index contributed by atoms with van der Waals surface area (Å²) < 4.78 is 21.9. The molecular weight excluding hydrogens is 394 g/mol. The highest BCUT2D eigenvalue weighted by atomic mass is 16.5. The van der Waals surface area contributed by atoms with E-state index in [1.807, 2.05) is 43.3 Å². The first-order valence-electron chi connectivity index (χ1n) is 9.82. The average molecular weight is 421 g/mol. The van der Waals surface area contributed by atoms with Gasteiger partial charge in [0, 0.05) is 6.54 Å². The molecule has 6 heteroatoms. The van der Waals surface area contributed by atoms with Crippen molar-refractivity contribution in [1.82, 2.24) is 5.32 Å². The molecule has 162 valence electrons. The molecule has 2 aromatic rings. The summed E-state index contributed by atoms with van der Waals surface area (Å²) in [5.41, 5.74) is 2.10. The number of hydrogen-bond donors (Lipinski definition) is 1. The molecule has 1 amide bonds. The lowest BCUT2D eigenvalue weighted by atomic mass is 10.1. The van der Waals surface area contributed by atoms with Crippen LogP contribution in [0.15, 0.2) is 42.5 Å². The minimum atomic E-state index is -0.813. The number of aryl methyl sites for hydroxylation is 1. The average Bonchev–Trinajstić information content (AvgIpc) is 2.79. The molecule has 0 unspecified atom stereocenters. The predicted molar refractivity (Wildman–Crippen MR) is 119 cm³/mol. The molecule has 6 nitrogen and oxygen atoms in total. The van der Waals surface area contributed by atoms with Gasteiger partial charge in [-0.15, -0.1) is 12.8 Å². The molecule has 0 bridgehead atoms. The Morgan fingerprint density at radius 2 is 1.77 bits per heavy atom. The summed E-state index contributed by atoms with van der Waals surface area (Å²) >= 11 is 0. The highest BCUT2D eigenvalue weighted by Gasteiger charge is 2.19. The van der Waals surface area contributed by atoms with Crippen LogP contribution in [0.2, 0.25) is 0 Å². The Labute approximate surface area is 183 Å². The van der Waals surface area contributed by atoms with Crippen molar-refractivity contribution in [3.63, 3.8) is 0 Å². The molecular formula is C25H27NO5. The summed E-state index contributed by atoms with van der Waals surface area (Å²) in [7, 11) is 1.56. The molecule has 2 aromatic carbocycles. The third kappa shape index (κ3) is 7.97. The van der Waals surface area contributed by atoms with E-state index in [-0.39, 0.29) is 25.7 Å². The van der Waals surface area contributed by atoms with Crippen molar-refractivity contribution in [3.05, 3.63) is 53.6 Å². The summed E-state index contributed by atoms with van der Waals surface area (Å²) in [6.07, 6.45) is 10.3. The van der Waals surface area contributed by atoms with E-state index >= 15 is 0 Å². The highest BCUT2D eigenvalue weighted by molar-refractivity contribution is 5.81. The molecule has 0 aromatic heterocycles. The van der Waals surface area contributed by atoms with Crippen LogP contribution >= 0.6 is 0 Å². The fourth-order valence-electron chi connectivity index (χ4n) is 2.70.